The Morgan fingerprint density at radius 3 is 2.65 bits per heavy atom. The van der Waals surface area contributed by atoms with Crippen molar-refractivity contribution >= 4 is 5.91 Å². The maximum atomic E-state index is 12.3. The summed E-state index contributed by atoms with van der Waals surface area (Å²) >= 11 is 0. The summed E-state index contributed by atoms with van der Waals surface area (Å²) in [6.07, 6.45) is 3.46. The highest BCUT2D eigenvalue weighted by Crippen LogP contribution is 2.28. The Morgan fingerprint density at radius 1 is 1.30 bits per heavy atom. The topological polar surface area (TPSA) is 67.5 Å². The first-order valence-electron chi connectivity index (χ1n) is 6.11. The number of aromatic amines is 1. The lowest BCUT2D eigenvalue weighted by molar-refractivity contribution is 0.0784. The molecular formula is C14H17N3O3. The van der Waals surface area contributed by atoms with Gasteiger partial charge in [0, 0.05) is 30.9 Å². The third-order valence-corrected chi connectivity index (χ3v) is 2.95. The fraction of sp³-hybridized carbons (Fsp3) is 0.286. The Bertz CT molecular complexity index is 581. The quantitative estimate of drug-likeness (QED) is 0.901. The van der Waals surface area contributed by atoms with Gasteiger partial charge in [-0.05, 0) is 18.2 Å². The largest absolute Gasteiger partial charge is 0.493 e. The van der Waals surface area contributed by atoms with E-state index < -0.39 is 0 Å². The van der Waals surface area contributed by atoms with E-state index in [4.69, 9.17) is 9.47 Å². The minimum absolute atomic E-state index is 0.0906. The Hall–Kier alpha value is -2.50. The number of nitrogens with one attached hydrogen (secondary N) is 1. The first-order valence-corrected chi connectivity index (χ1v) is 6.11. The summed E-state index contributed by atoms with van der Waals surface area (Å²) in [5.74, 6) is 1.05. The molecular weight excluding hydrogens is 258 g/mol. The number of ether oxygens (including phenoxy) is 2. The van der Waals surface area contributed by atoms with Gasteiger partial charge in [0.1, 0.15) is 0 Å². The summed E-state index contributed by atoms with van der Waals surface area (Å²) in [7, 11) is 4.84. The highest BCUT2D eigenvalue weighted by molar-refractivity contribution is 5.94. The van der Waals surface area contributed by atoms with Crippen LogP contribution in [0.2, 0.25) is 0 Å². The molecule has 0 bridgehead atoms. The first-order chi connectivity index (χ1) is 9.65. The van der Waals surface area contributed by atoms with Crippen molar-refractivity contribution in [1.82, 2.24) is 15.1 Å². The summed E-state index contributed by atoms with van der Waals surface area (Å²) in [5.41, 5.74) is 1.50. The molecule has 0 unspecified atom stereocenters. The van der Waals surface area contributed by atoms with E-state index in [0.717, 1.165) is 5.56 Å². The molecule has 1 N–H and O–H groups in total. The van der Waals surface area contributed by atoms with E-state index in [1.165, 1.54) is 0 Å². The number of nitrogens with zero attached hydrogens (tertiary/aromatic N) is 2. The average Bonchev–Trinajstić information content (AvgIpc) is 2.98. The molecule has 1 aromatic carbocycles. The van der Waals surface area contributed by atoms with Gasteiger partial charge in [-0.25, -0.2) is 0 Å². The third-order valence-electron chi connectivity index (χ3n) is 2.95. The number of hydrogen-bond donors (Lipinski definition) is 1. The predicted molar refractivity (Wildman–Crippen MR) is 73.9 cm³/mol. The van der Waals surface area contributed by atoms with Crippen molar-refractivity contribution in [2.24, 2.45) is 0 Å². The standard InChI is InChI=1S/C14H17N3O3/c1-17(9-10-7-15-16-8-10)14(18)11-4-5-12(19-2)13(6-11)20-3/h4-8H,9H2,1-3H3,(H,15,16). The predicted octanol–water partition coefficient (Wildman–Crippen LogP) is 1.70. The smallest absolute Gasteiger partial charge is 0.254 e. The van der Waals surface area contributed by atoms with E-state index in [9.17, 15) is 4.79 Å². The van der Waals surface area contributed by atoms with Crippen LogP contribution in [0.25, 0.3) is 0 Å². The van der Waals surface area contributed by atoms with Gasteiger partial charge in [0.25, 0.3) is 5.91 Å². The summed E-state index contributed by atoms with van der Waals surface area (Å²) in [4.78, 5) is 14.0. The molecule has 1 heterocycles. The van der Waals surface area contributed by atoms with E-state index in [2.05, 4.69) is 10.2 Å². The fourth-order valence-corrected chi connectivity index (χ4v) is 1.90. The lowest BCUT2D eigenvalue weighted by atomic mass is 10.1. The Labute approximate surface area is 117 Å². The van der Waals surface area contributed by atoms with E-state index >= 15 is 0 Å². The second-order valence-electron chi connectivity index (χ2n) is 4.34. The van der Waals surface area contributed by atoms with Crippen LogP contribution < -0.4 is 9.47 Å². The molecule has 0 radical (unpaired) electrons. The molecule has 0 fully saturated rings. The number of amides is 1. The number of rotatable bonds is 5. The summed E-state index contributed by atoms with van der Waals surface area (Å²) in [5, 5.41) is 6.58. The number of H-pyrrole nitrogens is 1. The second kappa shape index (κ2) is 6.10. The average molecular weight is 275 g/mol. The Morgan fingerprint density at radius 2 is 2.05 bits per heavy atom. The van der Waals surface area contributed by atoms with Crippen LogP contribution in [0.1, 0.15) is 15.9 Å². The highest BCUT2D eigenvalue weighted by atomic mass is 16.5. The van der Waals surface area contributed by atoms with Crippen molar-refractivity contribution in [2.75, 3.05) is 21.3 Å². The maximum absolute atomic E-state index is 12.3. The molecule has 20 heavy (non-hydrogen) atoms. The van der Waals surface area contributed by atoms with E-state index in [-0.39, 0.29) is 5.91 Å². The van der Waals surface area contributed by atoms with Gasteiger partial charge in [-0.1, -0.05) is 0 Å². The van der Waals surface area contributed by atoms with E-state index in [0.29, 0.717) is 23.6 Å². The third kappa shape index (κ3) is 2.90. The van der Waals surface area contributed by atoms with Gasteiger partial charge in [-0.3, -0.25) is 9.89 Å². The van der Waals surface area contributed by atoms with Gasteiger partial charge in [-0.2, -0.15) is 5.10 Å². The minimum Gasteiger partial charge on any atom is -0.493 e. The zero-order chi connectivity index (χ0) is 14.5. The number of carbonyl (C=O) groups is 1. The van der Waals surface area contributed by atoms with Crippen LogP contribution in [0.5, 0.6) is 11.5 Å². The Balaban J connectivity index is 2.16. The molecule has 0 aliphatic rings. The van der Waals surface area contributed by atoms with Gasteiger partial charge in [-0.15, -0.1) is 0 Å². The summed E-state index contributed by atoms with van der Waals surface area (Å²) < 4.78 is 10.4. The van der Waals surface area contributed by atoms with Crippen LogP contribution in [0.3, 0.4) is 0 Å². The van der Waals surface area contributed by atoms with Crippen LogP contribution in [-0.4, -0.2) is 42.3 Å². The molecule has 1 amide bonds. The molecule has 0 saturated carbocycles. The molecule has 1 aromatic heterocycles. The normalized spacial score (nSPS) is 10.2. The summed E-state index contributed by atoms with van der Waals surface area (Å²) in [6, 6.07) is 5.11. The van der Waals surface area contributed by atoms with Crippen molar-refractivity contribution in [3.8, 4) is 11.5 Å². The molecule has 0 aliphatic heterocycles. The molecule has 0 saturated heterocycles. The molecule has 0 aliphatic carbocycles. The number of benzene rings is 1. The SMILES string of the molecule is COc1ccc(C(=O)N(C)Cc2cn[nH]c2)cc1OC. The zero-order valence-electron chi connectivity index (χ0n) is 11.7. The van der Waals surface area contributed by atoms with Crippen LogP contribution >= 0.6 is 0 Å². The molecule has 0 atom stereocenters. The number of carbonyl (C=O) groups excluding carboxylic acids is 1. The fourth-order valence-electron chi connectivity index (χ4n) is 1.90. The molecule has 0 spiro atoms. The molecule has 2 aromatic rings. The number of aromatic nitrogens is 2. The van der Waals surface area contributed by atoms with Gasteiger partial charge in [0.2, 0.25) is 0 Å². The monoisotopic (exact) mass is 275 g/mol. The van der Waals surface area contributed by atoms with Crippen LogP contribution in [-0.2, 0) is 6.54 Å². The van der Waals surface area contributed by atoms with Gasteiger partial charge < -0.3 is 14.4 Å². The minimum atomic E-state index is -0.0906. The molecule has 6 nitrogen and oxygen atoms in total. The first kappa shape index (κ1) is 13.9. The second-order valence-corrected chi connectivity index (χ2v) is 4.34. The molecule has 106 valence electrons. The molecule has 6 heteroatoms. The Kier molecular flexibility index (Phi) is 4.24. The van der Waals surface area contributed by atoms with Gasteiger partial charge in [0.05, 0.1) is 20.4 Å². The lowest BCUT2D eigenvalue weighted by Gasteiger charge is -2.17. The van der Waals surface area contributed by atoms with Crippen molar-refractivity contribution in [1.29, 1.82) is 0 Å². The molecule has 2 rings (SSSR count). The summed E-state index contributed by atoms with van der Waals surface area (Å²) in [6.45, 7) is 0.490. The van der Waals surface area contributed by atoms with Crippen LogP contribution in [0.15, 0.2) is 30.6 Å². The van der Waals surface area contributed by atoms with Crippen LogP contribution in [0.4, 0.5) is 0 Å². The van der Waals surface area contributed by atoms with Gasteiger partial charge >= 0.3 is 0 Å². The number of hydrogen-bond acceptors (Lipinski definition) is 4. The van der Waals surface area contributed by atoms with E-state index in [1.54, 1.807) is 56.8 Å². The lowest BCUT2D eigenvalue weighted by Crippen LogP contribution is -2.26. The number of methoxy groups -OCH3 is 2. The highest BCUT2D eigenvalue weighted by Gasteiger charge is 2.15. The zero-order valence-corrected chi connectivity index (χ0v) is 11.7. The van der Waals surface area contributed by atoms with Crippen molar-refractivity contribution in [3.05, 3.63) is 41.7 Å². The maximum Gasteiger partial charge on any atom is 0.254 e. The van der Waals surface area contributed by atoms with Crippen molar-refractivity contribution < 1.29 is 14.3 Å². The van der Waals surface area contributed by atoms with Crippen LogP contribution in [0, 0.1) is 0 Å². The van der Waals surface area contributed by atoms with Gasteiger partial charge in [0.15, 0.2) is 11.5 Å². The van der Waals surface area contributed by atoms with Crippen molar-refractivity contribution in [2.45, 2.75) is 6.54 Å². The van der Waals surface area contributed by atoms with Crippen molar-refractivity contribution in [3.63, 3.8) is 0 Å². The van der Waals surface area contributed by atoms with E-state index in [1.807, 2.05) is 0 Å².